The van der Waals surface area contributed by atoms with Crippen LogP contribution in [0.5, 0.6) is 5.75 Å². The average molecular weight is 397 g/mol. The molecular formula is C25H23N3O2. The number of nitrogens with one attached hydrogen (secondary N) is 1. The molecule has 1 heterocycles. The van der Waals surface area contributed by atoms with Gasteiger partial charge in [-0.25, -0.2) is 4.68 Å². The SMILES string of the molecule is O=C(COc1ccccc1Cc1ccccc1)Nc1ccnn1Cc1ccccc1. The van der Waals surface area contributed by atoms with Gasteiger partial charge in [-0.3, -0.25) is 4.79 Å². The summed E-state index contributed by atoms with van der Waals surface area (Å²) >= 11 is 0. The van der Waals surface area contributed by atoms with Gasteiger partial charge in [-0.1, -0.05) is 78.9 Å². The Bertz CT molecular complexity index is 1090. The topological polar surface area (TPSA) is 56.1 Å². The minimum atomic E-state index is -0.223. The zero-order chi connectivity index (χ0) is 20.6. The Balaban J connectivity index is 1.37. The van der Waals surface area contributed by atoms with Crippen molar-refractivity contribution < 1.29 is 9.53 Å². The van der Waals surface area contributed by atoms with Crippen molar-refractivity contribution >= 4 is 11.7 Å². The number of para-hydroxylation sites is 1. The third kappa shape index (κ3) is 5.14. The van der Waals surface area contributed by atoms with Crippen LogP contribution in [0.25, 0.3) is 0 Å². The van der Waals surface area contributed by atoms with E-state index in [-0.39, 0.29) is 12.5 Å². The van der Waals surface area contributed by atoms with Crippen LogP contribution in [-0.2, 0) is 17.8 Å². The number of ether oxygens (including phenoxy) is 1. The van der Waals surface area contributed by atoms with Gasteiger partial charge >= 0.3 is 0 Å². The summed E-state index contributed by atoms with van der Waals surface area (Å²) in [7, 11) is 0. The molecule has 30 heavy (non-hydrogen) atoms. The molecule has 4 aromatic rings. The molecular weight excluding hydrogens is 374 g/mol. The number of carbonyl (C=O) groups is 1. The van der Waals surface area contributed by atoms with Gasteiger partial charge in [-0.05, 0) is 22.8 Å². The number of nitrogens with zero attached hydrogens (tertiary/aromatic N) is 2. The maximum Gasteiger partial charge on any atom is 0.263 e. The predicted molar refractivity (Wildman–Crippen MR) is 118 cm³/mol. The number of aromatic nitrogens is 2. The van der Waals surface area contributed by atoms with E-state index in [4.69, 9.17) is 4.74 Å². The molecule has 0 unspecified atom stereocenters. The maximum atomic E-state index is 12.5. The Morgan fingerprint density at radius 1 is 0.833 bits per heavy atom. The number of anilines is 1. The molecule has 0 atom stereocenters. The normalized spacial score (nSPS) is 10.5. The Hall–Kier alpha value is -3.86. The van der Waals surface area contributed by atoms with Crippen LogP contribution in [0.2, 0.25) is 0 Å². The fourth-order valence-corrected chi connectivity index (χ4v) is 3.25. The maximum absolute atomic E-state index is 12.5. The van der Waals surface area contributed by atoms with Gasteiger partial charge in [0.15, 0.2) is 6.61 Å². The Morgan fingerprint density at radius 3 is 2.27 bits per heavy atom. The smallest absolute Gasteiger partial charge is 0.263 e. The van der Waals surface area contributed by atoms with Crippen LogP contribution >= 0.6 is 0 Å². The lowest BCUT2D eigenvalue weighted by Gasteiger charge is -2.12. The molecule has 0 spiro atoms. The number of rotatable bonds is 8. The molecule has 1 N–H and O–H groups in total. The van der Waals surface area contributed by atoms with Gasteiger partial charge in [-0.2, -0.15) is 5.10 Å². The second-order valence-electron chi connectivity index (χ2n) is 6.97. The van der Waals surface area contributed by atoms with E-state index >= 15 is 0 Å². The number of benzene rings is 3. The van der Waals surface area contributed by atoms with Crippen LogP contribution < -0.4 is 10.1 Å². The summed E-state index contributed by atoms with van der Waals surface area (Å²) in [5.74, 6) is 1.14. The van der Waals surface area contributed by atoms with Crippen LogP contribution in [0.4, 0.5) is 5.82 Å². The Labute approximate surface area is 175 Å². The van der Waals surface area contributed by atoms with Crippen molar-refractivity contribution in [1.82, 2.24) is 9.78 Å². The van der Waals surface area contributed by atoms with Crippen LogP contribution in [-0.4, -0.2) is 22.3 Å². The highest BCUT2D eigenvalue weighted by Crippen LogP contribution is 2.21. The molecule has 3 aromatic carbocycles. The van der Waals surface area contributed by atoms with Gasteiger partial charge in [0.1, 0.15) is 11.6 Å². The van der Waals surface area contributed by atoms with Crippen LogP contribution in [0.1, 0.15) is 16.7 Å². The minimum absolute atomic E-state index is 0.0671. The molecule has 0 saturated heterocycles. The molecule has 0 bridgehead atoms. The largest absolute Gasteiger partial charge is 0.483 e. The quantitative estimate of drug-likeness (QED) is 0.475. The third-order valence-corrected chi connectivity index (χ3v) is 4.73. The molecule has 0 radical (unpaired) electrons. The van der Waals surface area contributed by atoms with Gasteiger partial charge in [-0.15, -0.1) is 0 Å². The summed E-state index contributed by atoms with van der Waals surface area (Å²) in [4.78, 5) is 12.5. The fourth-order valence-electron chi connectivity index (χ4n) is 3.25. The molecule has 5 heteroatoms. The summed E-state index contributed by atoms with van der Waals surface area (Å²) < 4.78 is 7.60. The summed E-state index contributed by atoms with van der Waals surface area (Å²) in [6.45, 7) is 0.520. The lowest BCUT2D eigenvalue weighted by molar-refractivity contribution is -0.118. The molecule has 0 aliphatic heterocycles. The first-order chi connectivity index (χ1) is 14.8. The van der Waals surface area contributed by atoms with Crippen molar-refractivity contribution in [2.24, 2.45) is 0 Å². The van der Waals surface area contributed by atoms with Crippen molar-refractivity contribution in [3.63, 3.8) is 0 Å². The van der Waals surface area contributed by atoms with Crippen LogP contribution in [0.3, 0.4) is 0 Å². The van der Waals surface area contributed by atoms with Crippen molar-refractivity contribution in [3.8, 4) is 5.75 Å². The zero-order valence-corrected chi connectivity index (χ0v) is 16.6. The lowest BCUT2D eigenvalue weighted by atomic mass is 10.0. The molecule has 0 aliphatic rings. The fraction of sp³-hybridized carbons (Fsp3) is 0.120. The van der Waals surface area contributed by atoms with Crippen LogP contribution in [0, 0.1) is 0 Å². The van der Waals surface area contributed by atoms with E-state index in [2.05, 4.69) is 22.5 Å². The number of hydrogen-bond acceptors (Lipinski definition) is 3. The first-order valence-corrected chi connectivity index (χ1v) is 9.88. The molecule has 0 aliphatic carbocycles. The molecule has 5 nitrogen and oxygen atoms in total. The standard InChI is InChI=1S/C25H23N3O2/c29-25(27-24-15-16-26-28(24)18-21-11-5-2-6-12-21)19-30-23-14-8-7-13-22(23)17-20-9-3-1-4-10-20/h1-16H,17-19H2,(H,27,29). The average Bonchev–Trinajstić information content (AvgIpc) is 3.21. The van der Waals surface area contributed by atoms with E-state index < -0.39 is 0 Å². The lowest BCUT2D eigenvalue weighted by Crippen LogP contribution is -2.22. The summed E-state index contributed by atoms with van der Waals surface area (Å²) in [5, 5.41) is 7.19. The molecule has 0 fully saturated rings. The summed E-state index contributed by atoms with van der Waals surface area (Å²) in [5.41, 5.74) is 3.36. The Morgan fingerprint density at radius 2 is 1.50 bits per heavy atom. The predicted octanol–water partition coefficient (Wildman–Crippen LogP) is 4.54. The minimum Gasteiger partial charge on any atom is -0.483 e. The number of carbonyl (C=O) groups excluding carboxylic acids is 1. The first kappa shape index (κ1) is 19.5. The highest BCUT2D eigenvalue weighted by Gasteiger charge is 2.10. The van der Waals surface area contributed by atoms with Gasteiger partial charge < -0.3 is 10.1 Å². The molecule has 150 valence electrons. The molecule has 1 amide bonds. The van der Waals surface area contributed by atoms with Crippen molar-refractivity contribution in [3.05, 3.63) is 114 Å². The van der Waals surface area contributed by atoms with Crippen molar-refractivity contribution in [1.29, 1.82) is 0 Å². The third-order valence-electron chi connectivity index (χ3n) is 4.73. The zero-order valence-electron chi connectivity index (χ0n) is 16.6. The summed E-state index contributed by atoms with van der Waals surface area (Å²) in [6.07, 6.45) is 2.43. The second-order valence-corrected chi connectivity index (χ2v) is 6.97. The van der Waals surface area contributed by atoms with Crippen molar-refractivity contribution in [2.45, 2.75) is 13.0 Å². The highest BCUT2D eigenvalue weighted by molar-refractivity contribution is 5.91. The Kier molecular flexibility index (Phi) is 6.20. The van der Waals surface area contributed by atoms with E-state index in [1.54, 1.807) is 16.9 Å². The van der Waals surface area contributed by atoms with E-state index in [0.717, 1.165) is 17.5 Å². The highest BCUT2D eigenvalue weighted by atomic mass is 16.5. The molecule has 4 rings (SSSR count). The van der Waals surface area contributed by atoms with Gasteiger partial charge in [0.25, 0.3) is 5.91 Å². The first-order valence-electron chi connectivity index (χ1n) is 9.88. The van der Waals surface area contributed by atoms with E-state index in [1.165, 1.54) is 5.56 Å². The van der Waals surface area contributed by atoms with Gasteiger partial charge in [0, 0.05) is 12.5 Å². The van der Waals surface area contributed by atoms with E-state index in [1.807, 2.05) is 72.8 Å². The monoisotopic (exact) mass is 397 g/mol. The van der Waals surface area contributed by atoms with Gasteiger partial charge in [0.2, 0.25) is 0 Å². The molecule has 0 saturated carbocycles. The van der Waals surface area contributed by atoms with Gasteiger partial charge in [0.05, 0.1) is 12.7 Å². The number of amides is 1. The van der Waals surface area contributed by atoms with E-state index in [9.17, 15) is 4.79 Å². The molecule has 1 aromatic heterocycles. The summed E-state index contributed by atoms with van der Waals surface area (Å²) in [6, 6.07) is 29.8. The van der Waals surface area contributed by atoms with E-state index in [0.29, 0.717) is 18.1 Å². The second kappa shape index (κ2) is 9.56. The number of hydrogen-bond donors (Lipinski definition) is 1. The van der Waals surface area contributed by atoms with Crippen molar-refractivity contribution in [2.75, 3.05) is 11.9 Å². The van der Waals surface area contributed by atoms with Crippen LogP contribution in [0.15, 0.2) is 97.2 Å².